The summed E-state index contributed by atoms with van der Waals surface area (Å²) >= 11 is 3.14. The zero-order valence-corrected chi connectivity index (χ0v) is 16.8. The fraction of sp³-hybridized carbons (Fsp3) is 0.450. The van der Waals surface area contributed by atoms with Crippen molar-refractivity contribution in [2.75, 3.05) is 11.1 Å². The molecule has 0 radical (unpaired) electrons. The summed E-state index contributed by atoms with van der Waals surface area (Å²) < 4.78 is 0. The number of carbonyl (C=O) groups excluding carboxylic acids is 2. The van der Waals surface area contributed by atoms with Gasteiger partial charge in [0.25, 0.3) is 0 Å². The Morgan fingerprint density at radius 2 is 2.15 bits per heavy atom. The van der Waals surface area contributed by atoms with Gasteiger partial charge in [-0.1, -0.05) is 12.1 Å². The average Bonchev–Trinajstić information content (AvgIpc) is 3.40. The maximum absolute atomic E-state index is 12.8. The Morgan fingerprint density at radius 3 is 3.04 bits per heavy atom. The van der Waals surface area contributed by atoms with Gasteiger partial charge in [0.15, 0.2) is 5.13 Å². The molecule has 7 heteroatoms. The highest BCUT2D eigenvalue weighted by Crippen LogP contribution is 2.47. The molecule has 0 bridgehead atoms. The zero-order chi connectivity index (χ0) is 18.6. The molecule has 2 saturated heterocycles. The molecule has 1 aliphatic carbocycles. The lowest BCUT2D eigenvalue weighted by atomic mass is 10.1. The van der Waals surface area contributed by atoms with Crippen molar-refractivity contribution in [3.63, 3.8) is 0 Å². The summed E-state index contributed by atoms with van der Waals surface area (Å²) in [4.78, 5) is 31.2. The molecule has 1 N–H and O–H groups in total. The van der Waals surface area contributed by atoms with Crippen LogP contribution in [0.4, 0.5) is 5.13 Å². The molecule has 0 saturated carbocycles. The van der Waals surface area contributed by atoms with Gasteiger partial charge in [0.05, 0.1) is 10.6 Å². The van der Waals surface area contributed by atoms with Crippen molar-refractivity contribution in [1.29, 1.82) is 0 Å². The number of amides is 2. The molecule has 1 aromatic carbocycles. The number of hydrogen-bond donors (Lipinski definition) is 1. The first-order valence-corrected chi connectivity index (χ1v) is 11.2. The molecule has 2 aliphatic heterocycles. The van der Waals surface area contributed by atoms with Gasteiger partial charge in [0.1, 0.15) is 6.04 Å². The van der Waals surface area contributed by atoms with Gasteiger partial charge in [-0.3, -0.25) is 9.59 Å². The third kappa shape index (κ3) is 2.88. The van der Waals surface area contributed by atoms with Crippen LogP contribution in [-0.4, -0.2) is 38.4 Å². The van der Waals surface area contributed by atoms with Crippen molar-refractivity contribution < 1.29 is 9.59 Å². The van der Waals surface area contributed by atoms with Crippen LogP contribution in [0.3, 0.4) is 0 Å². The van der Waals surface area contributed by atoms with Crippen LogP contribution in [0.15, 0.2) is 23.6 Å². The van der Waals surface area contributed by atoms with E-state index in [9.17, 15) is 9.59 Å². The van der Waals surface area contributed by atoms with Crippen LogP contribution >= 0.6 is 23.1 Å². The number of aromatic nitrogens is 1. The number of aryl methyl sites for hydroxylation is 2. The summed E-state index contributed by atoms with van der Waals surface area (Å²) in [5, 5.41) is 5.52. The van der Waals surface area contributed by atoms with Crippen molar-refractivity contribution in [3.8, 4) is 11.3 Å². The number of benzene rings is 1. The van der Waals surface area contributed by atoms with Crippen LogP contribution in [0.25, 0.3) is 11.3 Å². The summed E-state index contributed by atoms with van der Waals surface area (Å²) in [6.45, 7) is 2.06. The molecule has 5 rings (SSSR count). The van der Waals surface area contributed by atoms with Crippen LogP contribution in [0.2, 0.25) is 0 Å². The fourth-order valence-electron chi connectivity index (χ4n) is 4.40. The number of carbonyl (C=O) groups is 2. The van der Waals surface area contributed by atoms with Crippen LogP contribution in [0.1, 0.15) is 37.3 Å². The number of anilines is 1. The average molecular weight is 400 g/mol. The summed E-state index contributed by atoms with van der Waals surface area (Å²) in [5.74, 6) is 0.605. The minimum atomic E-state index is -0.401. The fourth-order valence-corrected chi connectivity index (χ4v) is 6.55. The third-order valence-electron chi connectivity index (χ3n) is 5.88. The number of nitrogens with zero attached hydrogens (tertiary/aromatic N) is 2. The summed E-state index contributed by atoms with van der Waals surface area (Å²) in [6.07, 6.45) is 4.89. The van der Waals surface area contributed by atoms with Gasteiger partial charge in [-0.15, -0.1) is 23.1 Å². The molecule has 3 heterocycles. The molecular formula is C20H21N3O2S2. The molecule has 140 valence electrons. The van der Waals surface area contributed by atoms with E-state index >= 15 is 0 Å². The van der Waals surface area contributed by atoms with E-state index in [-0.39, 0.29) is 16.7 Å². The number of fused-ring (bicyclic) bond motifs is 2. The molecule has 0 spiro atoms. The SMILES string of the molecule is C[C@@]12CCC(=O)N1[C@@H](C(=O)Nc1nc(-c3ccc4c(c3)CCC4)cs1)CS2. The normalized spacial score (nSPS) is 26.3. The first kappa shape index (κ1) is 17.3. The maximum Gasteiger partial charge on any atom is 0.249 e. The summed E-state index contributed by atoms with van der Waals surface area (Å²) in [7, 11) is 0. The Hall–Kier alpha value is -1.86. The van der Waals surface area contributed by atoms with E-state index in [4.69, 9.17) is 0 Å². The van der Waals surface area contributed by atoms with Crippen LogP contribution in [-0.2, 0) is 22.4 Å². The standard InChI is InChI=1S/C20H21N3O2S2/c1-20-8-7-17(24)23(20)16(11-27-20)18(25)22-19-21-15(10-26-19)14-6-5-12-3-2-4-13(12)9-14/h5-6,9-10,16H,2-4,7-8,11H2,1H3,(H,21,22,25)/t16-,20-/m1/s1. The number of thioether (sulfide) groups is 1. The van der Waals surface area contributed by atoms with Crippen molar-refractivity contribution in [2.45, 2.75) is 49.9 Å². The number of nitrogens with one attached hydrogen (secondary N) is 1. The van der Waals surface area contributed by atoms with Crippen LogP contribution in [0, 0.1) is 0 Å². The van der Waals surface area contributed by atoms with E-state index < -0.39 is 6.04 Å². The Morgan fingerprint density at radius 1 is 1.30 bits per heavy atom. The topological polar surface area (TPSA) is 62.3 Å². The molecule has 1 aromatic heterocycles. The molecule has 5 nitrogen and oxygen atoms in total. The van der Waals surface area contributed by atoms with Crippen LogP contribution in [0.5, 0.6) is 0 Å². The van der Waals surface area contributed by atoms with Crippen molar-refractivity contribution in [1.82, 2.24) is 9.88 Å². The van der Waals surface area contributed by atoms with E-state index in [1.807, 2.05) is 5.38 Å². The monoisotopic (exact) mass is 399 g/mol. The Labute approximate surface area is 166 Å². The van der Waals surface area contributed by atoms with Gasteiger partial charge in [0.2, 0.25) is 11.8 Å². The van der Waals surface area contributed by atoms with Gasteiger partial charge in [0, 0.05) is 23.1 Å². The lowest BCUT2D eigenvalue weighted by Crippen LogP contribution is -2.48. The second-order valence-corrected chi connectivity index (χ2v) is 9.99. The van der Waals surface area contributed by atoms with Gasteiger partial charge in [-0.25, -0.2) is 4.98 Å². The van der Waals surface area contributed by atoms with Gasteiger partial charge in [-0.2, -0.15) is 0 Å². The van der Waals surface area contributed by atoms with Gasteiger partial charge >= 0.3 is 0 Å². The summed E-state index contributed by atoms with van der Waals surface area (Å²) in [6, 6.07) is 6.14. The molecule has 2 atom stereocenters. The molecule has 2 amide bonds. The van der Waals surface area contributed by atoms with E-state index in [0.29, 0.717) is 17.3 Å². The molecule has 2 aromatic rings. The second kappa shape index (κ2) is 6.34. The van der Waals surface area contributed by atoms with Gasteiger partial charge < -0.3 is 10.2 Å². The second-order valence-electron chi connectivity index (χ2n) is 7.63. The molecule has 0 unspecified atom stereocenters. The zero-order valence-electron chi connectivity index (χ0n) is 15.2. The quantitative estimate of drug-likeness (QED) is 0.855. The maximum atomic E-state index is 12.8. The lowest BCUT2D eigenvalue weighted by Gasteiger charge is -2.29. The Kier molecular flexibility index (Phi) is 4.05. The van der Waals surface area contributed by atoms with Crippen molar-refractivity contribution >= 4 is 40.0 Å². The van der Waals surface area contributed by atoms with Crippen LogP contribution < -0.4 is 5.32 Å². The predicted octanol–water partition coefficient (Wildman–Crippen LogP) is 3.69. The van der Waals surface area contributed by atoms with E-state index in [2.05, 4.69) is 35.4 Å². The smallest absolute Gasteiger partial charge is 0.249 e. The Balaban J connectivity index is 1.32. The molecule has 2 fully saturated rings. The first-order chi connectivity index (χ1) is 13.0. The minimum Gasteiger partial charge on any atom is -0.315 e. The Bertz CT molecular complexity index is 941. The number of rotatable bonds is 3. The van der Waals surface area contributed by atoms with E-state index in [1.54, 1.807) is 16.7 Å². The predicted molar refractivity (Wildman–Crippen MR) is 109 cm³/mol. The van der Waals surface area contributed by atoms with Crippen molar-refractivity contribution in [3.05, 3.63) is 34.7 Å². The highest BCUT2D eigenvalue weighted by Gasteiger charge is 2.52. The first-order valence-electron chi connectivity index (χ1n) is 9.38. The highest BCUT2D eigenvalue weighted by molar-refractivity contribution is 8.01. The number of hydrogen-bond acceptors (Lipinski definition) is 5. The highest BCUT2D eigenvalue weighted by atomic mass is 32.2. The summed E-state index contributed by atoms with van der Waals surface area (Å²) in [5.41, 5.74) is 4.86. The van der Waals surface area contributed by atoms with E-state index in [1.165, 1.54) is 35.3 Å². The molecular weight excluding hydrogens is 378 g/mol. The molecule has 3 aliphatic rings. The lowest BCUT2D eigenvalue weighted by molar-refractivity contribution is -0.135. The van der Waals surface area contributed by atoms with Crippen molar-refractivity contribution in [2.24, 2.45) is 0 Å². The minimum absolute atomic E-state index is 0.0839. The largest absolute Gasteiger partial charge is 0.315 e. The third-order valence-corrected chi connectivity index (χ3v) is 8.14. The van der Waals surface area contributed by atoms with E-state index in [0.717, 1.165) is 24.1 Å². The number of thiazole rings is 1. The van der Waals surface area contributed by atoms with Gasteiger partial charge in [-0.05, 0) is 49.8 Å². The molecule has 27 heavy (non-hydrogen) atoms.